The molecular formula is C14H17ClN2O3. The van der Waals surface area contributed by atoms with Gasteiger partial charge in [0.25, 0.3) is 0 Å². The summed E-state index contributed by atoms with van der Waals surface area (Å²) in [5, 5.41) is 11.9. The molecule has 108 valence electrons. The van der Waals surface area contributed by atoms with E-state index in [0.29, 0.717) is 10.7 Å². The van der Waals surface area contributed by atoms with Crippen LogP contribution in [0.1, 0.15) is 36.0 Å². The van der Waals surface area contributed by atoms with Gasteiger partial charge in [0.2, 0.25) is 0 Å². The first-order valence-electron chi connectivity index (χ1n) is 6.55. The van der Waals surface area contributed by atoms with Gasteiger partial charge in [0.15, 0.2) is 0 Å². The lowest BCUT2D eigenvalue weighted by molar-refractivity contribution is 0.0697. The highest BCUT2D eigenvalue weighted by Crippen LogP contribution is 2.26. The van der Waals surface area contributed by atoms with Gasteiger partial charge in [-0.2, -0.15) is 0 Å². The molecule has 0 aliphatic heterocycles. The lowest BCUT2D eigenvalue weighted by Crippen LogP contribution is -2.38. The molecule has 1 aliphatic carbocycles. The monoisotopic (exact) mass is 296 g/mol. The van der Waals surface area contributed by atoms with E-state index in [1.54, 1.807) is 11.9 Å². The number of carboxylic acid groups (broad SMARTS) is 1. The summed E-state index contributed by atoms with van der Waals surface area (Å²) in [6.07, 6.45) is 4.29. The molecule has 2 N–H and O–H groups in total. The second kappa shape index (κ2) is 6.13. The van der Waals surface area contributed by atoms with Gasteiger partial charge in [0.1, 0.15) is 0 Å². The molecule has 5 nitrogen and oxygen atoms in total. The van der Waals surface area contributed by atoms with Crippen molar-refractivity contribution in [1.82, 2.24) is 4.90 Å². The predicted octanol–water partition coefficient (Wildman–Crippen LogP) is 3.44. The summed E-state index contributed by atoms with van der Waals surface area (Å²) >= 11 is 5.98. The van der Waals surface area contributed by atoms with Crippen molar-refractivity contribution >= 4 is 29.3 Å². The molecule has 1 aromatic rings. The van der Waals surface area contributed by atoms with Crippen molar-refractivity contribution in [3.63, 3.8) is 0 Å². The first-order valence-corrected chi connectivity index (χ1v) is 6.93. The molecule has 1 aromatic carbocycles. The van der Waals surface area contributed by atoms with Gasteiger partial charge in [0.05, 0.1) is 16.3 Å². The van der Waals surface area contributed by atoms with E-state index in [-0.39, 0.29) is 17.6 Å². The SMILES string of the molecule is CN(C(=O)Nc1cc(C(=O)O)ccc1Cl)C1CCCC1. The van der Waals surface area contributed by atoms with Crippen molar-refractivity contribution in [2.75, 3.05) is 12.4 Å². The zero-order valence-corrected chi connectivity index (χ0v) is 12.0. The third-order valence-corrected chi connectivity index (χ3v) is 3.98. The van der Waals surface area contributed by atoms with Crippen molar-refractivity contribution in [1.29, 1.82) is 0 Å². The van der Waals surface area contributed by atoms with Crippen LogP contribution in [0.3, 0.4) is 0 Å². The topological polar surface area (TPSA) is 69.6 Å². The number of benzene rings is 1. The Bertz CT molecular complexity index is 527. The maximum absolute atomic E-state index is 12.1. The van der Waals surface area contributed by atoms with E-state index in [4.69, 9.17) is 16.7 Å². The van der Waals surface area contributed by atoms with Gasteiger partial charge >= 0.3 is 12.0 Å². The second-order valence-corrected chi connectivity index (χ2v) is 5.39. The van der Waals surface area contributed by atoms with E-state index in [1.807, 2.05) is 0 Å². The van der Waals surface area contributed by atoms with Crippen molar-refractivity contribution in [2.45, 2.75) is 31.7 Å². The third kappa shape index (κ3) is 3.22. The maximum Gasteiger partial charge on any atom is 0.335 e. The van der Waals surface area contributed by atoms with Gasteiger partial charge in [-0.15, -0.1) is 0 Å². The van der Waals surface area contributed by atoms with Gasteiger partial charge in [0, 0.05) is 13.1 Å². The lowest BCUT2D eigenvalue weighted by atomic mass is 10.2. The molecule has 0 atom stereocenters. The Kier molecular flexibility index (Phi) is 4.49. The van der Waals surface area contributed by atoms with Gasteiger partial charge < -0.3 is 15.3 Å². The van der Waals surface area contributed by atoms with Crippen molar-refractivity contribution in [2.24, 2.45) is 0 Å². The molecule has 1 fully saturated rings. The normalized spacial score (nSPS) is 15.1. The number of nitrogens with one attached hydrogen (secondary N) is 1. The number of urea groups is 1. The van der Waals surface area contributed by atoms with Crippen molar-refractivity contribution < 1.29 is 14.7 Å². The highest BCUT2D eigenvalue weighted by molar-refractivity contribution is 6.33. The smallest absolute Gasteiger partial charge is 0.335 e. The van der Waals surface area contributed by atoms with Crippen LogP contribution in [0.15, 0.2) is 18.2 Å². The Labute approximate surface area is 122 Å². The van der Waals surface area contributed by atoms with E-state index in [0.717, 1.165) is 25.7 Å². The molecular weight excluding hydrogens is 280 g/mol. The largest absolute Gasteiger partial charge is 0.478 e. The highest BCUT2D eigenvalue weighted by atomic mass is 35.5. The number of carbonyl (C=O) groups is 2. The lowest BCUT2D eigenvalue weighted by Gasteiger charge is -2.24. The number of carboxylic acids is 1. The predicted molar refractivity (Wildman–Crippen MR) is 77.4 cm³/mol. The van der Waals surface area contributed by atoms with E-state index in [2.05, 4.69) is 5.32 Å². The number of hydrogen-bond acceptors (Lipinski definition) is 2. The third-order valence-electron chi connectivity index (χ3n) is 3.65. The number of halogens is 1. The summed E-state index contributed by atoms with van der Waals surface area (Å²) in [4.78, 5) is 24.7. The number of amides is 2. The molecule has 6 heteroatoms. The fraction of sp³-hybridized carbons (Fsp3) is 0.429. The summed E-state index contributed by atoms with van der Waals surface area (Å²) in [7, 11) is 1.75. The Hall–Kier alpha value is -1.75. The highest BCUT2D eigenvalue weighted by Gasteiger charge is 2.23. The summed E-state index contributed by atoms with van der Waals surface area (Å²) in [5.74, 6) is -1.05. The first-order chi connectivity index (χ1) is 9.49. The van der Waals surface area contributed by atoms with Crippen LogP contribution in [0.2, 0.25) is 5.02 Å². The second-order valence-electron chi connectivity index (χ2n) is 4.98. The van der Waals surface area contributed by atoms with Crippen LogP contribution in [0, 0.1) is 0 Å². The number of aromatic carboxylic acids is 1. The summed E-state index contributed by atoms with van der Waals surface area (Å²) < 4.78 is 0. The van der Waals surface area contributed by atoms with Crippen LogP contribution in [-0.2, 0) is 0 Å². The molecule has 0 aromatic heterocycles. The summed E-state index contributed by atoms with van der Waals surface area (Å²) in [5.41, 5.74) is 0.412. The Balaban J connectivity index is 2.10. The standard InChI is InChI=1S/C14H17ClN2O3/c1-17(10-4-2-3-5-10)14(20)16-12-8-9(13(18)19)6-7-11(12)15/h6-8,10H,2-5H2,1H3,(H,16,20)(H,18,19). The number of nitrogens with zero attached hydrogens (tertiary/aromatic N) is 1. The number of carbonyl (C=O) groups excluding carboxylic acids is 1. The average molecular weight is 297 g/mol. The Morgan fingerprint density at radius 1 is 1.35 bits per heavy atom. The summed E-state index contributed by atoms with van der Waals surface area (Å²) in [6.45, 7) is 0. The molecule has 0 spiro atoms. The van der Waals surface area contributed by atoms with Crippen LogP contribution >= 0.6 is 11.6 Å². The molecule has 2 rings (SSSR count). The van der Waals surface area contributed by atoms with Crippen LogP contribution < -0.4 is 5.32 Å². The molecule has 0 radical (unpaired) electrons. The average Bonchev–Trinajstić information content (AvgIpc) is 2.94. The minimum absolute atomic E-state index is 0.0909. The molecule has 0 unspecified atom stereocenters. The first kappa shape index (κ1) is 14.7. The van der Waals surface area contributed by atoms with Gasteiger partial charge in [-0.05, 0) is 31.0 Å². The quantitative estimate of drug-likeness (QED) is 0.897. The molecule has 1 aliphatic rings. The molecule has 20 heavy (non-hydrogen) atoms. The van der Waals surface area contributed by atoms with Gasteiger partial charge in [-0.3, -0.25) is 0 Å². The Morgan fingerprint density at radius 3 is 2.60 bits per heavy atom. The van der Waals surface area contributed by atoms with E-state index in [1.165, 1.54) is 18.2 Å². The van der Waals surface area contributed by atoms with E-state index < -0.39 is 5.97 Å². The Morgan fingerprint density at radius 2 is 2.00 bits per heavy atom. The molecule has 2 amide bonds. The fourth-order valence-corrected chi connectivity index (χ4v) is 2.58. The summed E-state index contributed by atoms with van der Waals surface area (Å²) in [6, 6.07) is 4.22. The number of rotatable bonds is 3. The fourth-order valence-electron chi connectivity index (χ4n) is 2.41. The maximum atomic E-state index is 12.1. The molecule has 0 heterocycles. The van der Waals surface area contributed by atoms with Crippen LogP contribution in [0.4, 0.5) is 10.5 Å². The van der Waals surface area contributed by atoms with Crippen LogP contribution in [0.5, 0.6) is 0 Å². The molecule has 0 saturated heterocycles. The molecule has 1 saturated carbocycles. The minimum atomic E-state index is -1.05. The van der Waals surface area contributed by atoms with Gasteiger partial charge in [-0.25, -0.2) is 9.59 Å². The number of hydrogen-bond donors (Lipinski definition) is 2. The van der Waals surface area contributed by atoms with Crippen LogP contribution in [0.25, 0.3) is 0 Å². The van der Waals surface area contributed by atoms with Crippen LogP contribution in [-0.4, -0.2) is 35.1 Å². The number of anilines is 1. The van der Waals surface area contributed by atoms with Crippen molar-refractivity contribution in [3.8, 4) is 0 Å². The zero-order valence-electron chi connectivity index (χ0n) is 11.2. The van der Waals surface area contributed by atoms with E-state index in [9.17, 15) is 9.59 Å². The zero-order chi connectivity index (χ0) is 14.7. The van der Waals surface area contributed by atoms with E-state index >= 15 is 0 Å². The molecule has 0 bridgehead atoms. The van der Waals surface area contributed by atoms with Crippen molar-refractivity contribution in [3.05, 3.63) is 28.8 Å². The minimum Gasteiger partial charge on any atom is -0.478 e. The van der Waals surface area contributed by atoms with Gasteiger partial charge in [-0.1, -0.05) is 24.4 Å².